The molecule has 4 nitrogen and oxygen atoms in total. The highest BCUT2D eigenvalue weighted by Crippen LogP contribution is 2.01. The fraction of sp³-hybridized carbons (Fsp3) is 0.455. The van der Waals surface area contributed by atoms with E-state index in [9.17, 15) is 4.79 Å². The van der Waals surface area contributed by atoms with Crippen molar-refractivity contribution in [1.29, 1.82) is 0 Å². The van der Waals surface area contributed by atoms with Gasteiger partial charge in [-0.15, -0.1) is 0 Å². The van der Waals surface area contributed by atoms with Crippen molar-refractivity contribution in [2.75, 3.05) is 6.61 Å². The molecule has 15 heavy (non-hydrogen) atoms. The van der Waals surface area contributed by atoms with Gasteiger partial charge in [-0.25, -0.2) is 0 Å². The molecule has 0 fully saturated rings. The molecule has 1 atom stereocenters. The van der Waals surface area contributed by atoms with Gasteiger partial charge in [-0.2, -0.15) is 0 Å². The van der Waals surface area contributed by atoms with Crippen LogP contribution >= 0.6 is 0 Å². The quantitative estimate of drug-likeness (QED) is 0.772. The number of carbonyl (C=O) groups is 1. The molecule has 1 heterocycles. The van der Waals surface area contributed by atoms with Crippen LogP contribution in [0.1, 0.15) is 29.4 Å². The lowest BCUT2D eigenvalue weighted by molar-refractivity contribution is 0.0914. The molecule has 0 aliphatic carbocycles. The number of aliphatic hydroxyl groups excluding tert-OH is 1. The molecule has 0 saturated carbocycles. The van der Waals surface area contributed by atoms with Gasteiger partial charge in [0.2, 0.25) is 0 Å². The first kappa shape index (κ1) is 11.7. The number of carbonyl (C=O) groups excluding carboxylic acids is 1. The SMILES string of the molecule is CC[C@H](CO)NC(=O)c1ccnc(C)c1. The van der Waals surface area contributed by atoms with E-state index in [0.29, 0.717) is 12.0 Å². The van der Waals surface area contributed by atoms with Crippen molar-refractivity contribution in [3.05, 3.63) is 29.6 Å². The van der Waals surface area contributed by atoms with Crippen LogP contribution in [-0.2, 0) is 0 Å². The van der Waals surface area contributed by atoms with Gasteiger partial charge in [0, 0.05) is 17.5 Å². The Morgan fingerprint density at radius 1 is 1.67 bits per heavy atom. The van der Waals surface area contributed by atoms with Gasteiger partial charge in [0.15, 0.2) is 0 Å². The summed E-state index contributed by atoms with van der Waals surface area (Å²) in [5, 5.41) is 11.7. The van der Waals surface area contributed by atoms with Crippen LogP contribution in [0.4, 0.5) is 0 Å². The van der Waals surface area contributed by atoms with Gasteiger partial charge in [0.1, 0.15) is 0 Å². The molecule has 0 aliphatic heterocycles. The molecule has 1 rings (SSSR count). The number of rotatable bonds is 4. The maximum Gasteiger partial charge on any atom is 0.251 e. The number of hydrogen-bond donors (Lipinski definition) is 2. The lowest BCUT2D eigenvalue weighted by Gasteiger charge is -2.13. The molecule has 0 spiro atoms. The van der Waals surface area contributed by atoms with Gasteiger partial charge in [-0.3, -0.25) is 9.78 Å². The zero-order chi connectivity index (χ0) is 11.3. The first-order chi connectivity index (χ1) is 7.17. The second kappa shape index (κ2) is 5.46. The molecular formula is C11H16N2O2. The smallest absolute Gasteiger partial charge is 0.251 e. The summed E-state index contributed by atoms with van der Waals surface area (Å²) in [6.45, 7) is 3.71. The third kappa shape index (κ3) is 3.32. The van der Waals surface area contributed by atoms with E-state index in [1.54, 1.807) is 18.3 Å². The number of amides is 1. The van der Waals surface area contributed by atoms with Crippen LogP contribution < -0.4 is 5.32 Å². The first-order valence-electron chi connectivity index (χ1n) is 5.01. The fourth-order valence-electron chi connectivity index (χ4n) is 1.23. The monoisotopic (exact) mass is 208 g/mol. The number of aromatic nitrogens is 1. The second-order valence-electron chi connectivity index (χ2n) is 3.45. The summed E-state index contributed by atoms with van der Waals surface area (Å²) in [4.78, 5) is 15.7. The zero-order valence-corrected chi connectivity index (χ0v) is 9.03. The van der Waals surface area contributed by atoms with E-state index in [-0.39, 0.29) is 18.6 Å². The third-order valence-electron chi connectivity index (χ3n) is 2.21. The van der Waals surface area contributed by atoms with Gasteiger partial charge < -0.3 is 10.4 Å². The van der Waals surface area contributed by atoms with Crippen molar-refractivity contribution in [3.63, 3.8) is 0 Å². The highest BCUT2D eigenvalue weighted by atomic mass is 16.3. The van der Waals surface area contributed by atoms with Crippen molar-refractivity contribution in [3.8, 4) is 0 Å². The largest absolute Gasteiger partial charge is 0.394 e. The molecule has 0 aliphatic rings. The molecular weight excluding hydrogens is 192 g/mol. The number of aliphatic hydroxyl groups is 1. The van der Waals surface area contributed by atoms with Gasteiger partial charge >= 0.3 is 0 Å². The van der Waals surface area contributed by atoms with Gasteiger partial charge in [-0.1, -0.05) is 6.92 Å². The highest BCUT2D eigenvalue weighted by Gasteiger charge is 2.10. The zero-order valence-electron chi connectivity index (χ0n) is 9.03. The summed E-state index contributed by atoms with van der Waals surface area (Å²) in [6.07, 6.45) is 2.32. The number of aryl methyl sites for hydroxylation is 1. The Bertz CT molecular complexity index is 335. The molecule has 1 amide bonds. The maximum atomic E-state index is 11.7. The molecule has 2 N–H and O–H groups in total. The van der Waals surface area contributed by atoms with Crippen LogP contribution in [0.2, 0.25) is 0 Å². The second-order valence-corrected chi connectivity index (χ2v) is 3.45. The Morgan fingerprint density at radius 3 is 2.93 bits per heavy atom. The number of pyridine rings is 1. The van der Waals surface area contributed by atoms with E-state index in [1.807, 2.05) is 13.8 Å². The maximum absolute atomic E-state index is 11.7. The topological polar surface area (TPSA) is 62.2 Å². The van der Waals surface area contributed by atoms with Gasteiger partial charge in [0.05, 0.1) is 12.6 Å². The lowest BCUT2D eigenvalue weighted by Crippen LogP contribution is -2.36. The van der Waals surface area contributed by atoms with Crippen LogP contribution in [0, 0.1) is 6.92 Å². The van der Waals surface area contributed by atoms with Gasteiger partial charge in [-0.05, 0) is 25.5 Å². The summed E-state index contributed by atoms with van der Waals surface area (Å²) >= 11 is 0. The Hall–Kier alpha value is -1.42. The average molecular weight is 208 g/mol. The normalized spacial score (nSPS) is 12.2. The Kier molecular flexibility index (Phi) is 4.24. The minimum Gasteiger partial charge on any atom is -0.394 e. The number of hydrogen-bond acceptors (Lipinski definition) is 3. The van der Waals surface area contributed by atoms with Crippen LogP contribution in [0.15, 0.2) is 18.3 Å². The average Bonchev–Trinajstić information content (AvgIpc) is 2.25. The highest BCUT2D eigenvalue weighted by molar-refractivity contribution is 5.94. The predicted molar refractivity (Wildman–Crippen MR) is 57.6 cm³/mol. The Morgan fingerprint density at radius 2 is 2.40 bits per heavy atom. The van der Waals surface area contributed by atoms with Crippen molar-refractivity contribution >= 4 is 5.91 Å². The van der Waals surface area contributed by atoms with Crippen molar-refractivity contribution in [2.24, 2.45) is 0 Å². The van der Waals surface area contributed by atoms with E-state index < -0.39 is 0 Å². The Balaban J connectivity index is 2.68. The van der Waals surface area contributed by atoms with Crippen molar-refractivity contribution in [2.45, 2.75) is 26.3 Å². The summed E-state index contributed by atoms with van der Waals surface area (Å²) in [5.74, 6) is -0.165. The molecule has 0 bridgehead atoms. The van der Waals surface area contributed by atoms with E-state index in [2.05, 4.69) is 10.3 Å². The van der Waals surface area contributed by atoms with Crippen LogP contribution in [0.25, 0.3) is 0 Å². The summed E-state index contributed by atoms with van der Waals surface area (Å²) in [6, 6.07) is 3.21. The molecule has 0 aromatic carbocycles. The minimum atomic E-state index is -0.175. The lowest BCUT2D eigenvalue weighted by atomic mass is 10.2. The third-order valence-corrected chi connectivity index (χ3v) is 2.21. The Labute approximate surface area is 89.3 Å². The number of nitrogens with zero attached hydrogens (tertiary/aromatic N) is 1. The van der Waals surface area contributed by atoms with E-state index >= 15 is 0 Å². The van der Waals surface area contributed by atoms with Crippen LogP contribution in [-0.4, -0.2) is 28.6 Å². The predicted octanol–water partition coefficient (Wildman–Crippen LogP) is 0.891. The van der Waals surface area contributed by atoms with Crippen LogP contribution in [0.5, 0.6) is 0 Å². The fourth-order valence-corrected chi connectivity index (χ4v) is 1.23. The summed E-state index contributed by atoms with van der Waals surface area (Å²) in [5.41, 5.74) is 1.38. The van der Waals surface area contributed by atoms with E-state index in [1.165, 1.54) is 0 Å². The first-order valence-corrected chi connectivity index (χ1v) is 5.01. The molecule has 4 heteroatoms. The standard InChI is InChI=1S/C11H16N2O2/c1-3-10(7-14)13-11(15)9-4-5-12-8(2)6-9/h4-6,10,14H,3,7H2,1-2H3,(H,13,15)/t10-/m1/s1. The molecule has 82 valence electrons. The van der Waals surface area contributed by atoms with E-state index in [4.69, 9.17) is 5.11 Å². The molecule has 0 unspecified atom stereocenters. The summed E-state index contributed by atoms with van der Waals surface area (Å²) < 4.78 is 0. The van der Waals surface area contributed by atoms with Gasteiger partial charge in [0.25, 0.3) is 5.91 Å². The molecule has 1 aromatic heterocycles. The molecule has 1 aromatic rings. The van der Waals surface area contributed by atoms with Crippen molar-refractivity contribution in [1.82, 2.24) is 10.3 Å². The minimum absolute atomic E-state index is 0.0354. The summed E-state index contributed by atoms with van der Waals surface area (Å²) in [7, 11) is 0. The van der Waals surface area contributed by atoms with Crippen molar-refractivity contribution < 1.29 is 9.90 Å². The number of nitrogens with one attached hydrogen (secondary N) is 1. The molecule has 0 saturated heterocycles. The van der Waals surface area contributed by atoms with Crippen LogP contribution in [0.3, 0.4) is 0 Å². The molecule has 0 radical (unpaired) electrons. The van der Waals surface area contributed by atoms with E-state index in [0.717, 1.165) is 5.69 Å².